The second-order valence-corrected chi connectivity index (χ2v) is 5.67. The quantitative estimate of drug-likeness (QED) is 0.673. The SMILES string of the molecule is CC(C(=O)NC1CC(=O)N(C(C)C)C1=O)C1CNC1. The lowest BCUT2D eigenvalue weighted by Crippen LogP contribution is -2.52. The third kappa shape index (κ3) is 2.63. The minimum Gasteiger partial charge on any atom is -0.344 e. The molecule has 0 aliphatic carbocycles. The topological polar surface area (TPSA) is 78.5 Å². The van der Waals surface area contributed by atoms with Crippen molar-refractivity contribution >= 4 is 17.7 Å². The number of carbonyl (C=O) groups excluding carboxylic acids is 3. The number of likely N-dealkylation sites (tertiary alicyclic amines) is 1. The van der Waals surface area contributed by atoms with Gasteiger partial charge < -0.3 is 10.6 Å². The Kier molecular flexibility index (Phi) is 3.89. The van der Waals surface area contributed by atoms with Gasteiger partial charge >= 0.3 is 0 Å². The normalized spacial score (nSPS) is 25.7. The lowest BCUT2D eigenvalue weighted by Gasteiger charge is -2.32. The zero-order valence-corrected chi connectivity index (χ0v) is 11.6. The molecular weight excluding hydrogens is 246 g/mol. The maximum Gasteiger partial charge on any atom is 0.252 e. The number of imide groups is 1. The van der Waals surface area contributed by atoms with E-state index in [-0.39, 0.29) is 36.1 Å². The number of hydrogen-bond donors (Lipinski definition) is 2. The van der Waals surface area contributed by atoms with Crippen LogP contribution in [0.15, 0.2) is 0 Å². The van der Waals surface area contributed by atoms with Crippen molar-refractivity contribution in [3.05, 3.63) is 0 Å². The molecule has 0 spiro atoms. The molecule has 2 rings (SSSR count). The van der Waals surface area contributed by atoms with Gasteiger partial charge in [-0.3, -0.25) is 19.3 Å². The van der Waals surface area contributed by atoms with E-state index in [1.807, 2.05) is 6.92 Å². The first-order valence-electron chi connectivity index (χ1n) is 6.78. The summed E-state index contributed by atoms with van der Waals surface area (Å²) in [5.74, 6) is -0.426. The predicted molar refractivity (Wildman–Crippen MR) is 69.1 cm³/mol. The molecule has 2 unspecified atom stereocenters. The van der Waals surface area contributed by atoms with E-state index in [0.29, 0.717) is 5.92 Å². The van der Waals surface area contributed by atoms with E-state index < -0.39 is 6.04 Å². The Balaban J connectivity index is 1.94. The largest absolute Gasteiger partial charge is 0.344 e. The first-order valence-corrected chi connectivity index (χ1v) is 6.78. The molecule has 6 heteroatoms. The molecule has 2 heterocycles. The van der Waals surface area contributed by atoms with Crippen LogP contribution in [0.2, 0.25) is 0 Å². The average molecular weight is 267 g/mol. The molecule has 2 atom stereocenters. The zero-order valence-electron chi connectivity index (χ0n) is 11.6. The summed E-state index contributed by atoms with van der Waals surface area (Å²) in [7, 11) is 0. The van der Waals surface area contributed by atoms with E-state index >= 15 is 0 Å². The molecule has 2 saturated heterocycles. The van der Waals surface area contributed by atoms with Crippen molar-refractivity contribution in [2.45, 2.75) is 39.3 Å². The number of rotatable bonds is 4. The van der Waals surface area contributed by atoms with Crippen molar-refractivity contribution in [3.8, 4) is 0 Å². The summed E-state index contributed by atoms with van der Waals surface area (Å²) in [5, 5.41) is 5.83. The van der Waals surface area contributed by atoms with E-state index in [1.54, 1.807) is 13.8 Å². The van der Waals surface area contributed by atoms with Gasteiger partial charge in [-0.1, -0.05) is 6.92 Å². The average Bonchev–Trinajstić information content (AvgIpc) is 2.51. The predicted octanol–water partition coefficient (Wildman–Crippen LogP) is -0.506. The molecule has 19 heavy (non-hydrogen) atoms. The smallest absolute Gasteiger partial charge is 0.252 e. The molecule has 0 saturated carbocycles. The Labute approximate surface area is 112 Å². The Bertz CT molecular complexity index is 404. The Morgan fingerprint density at radius 2 is 1.95 bits per heavy atom. The highest BCUT2D eigenvalue weighted by molar-refractivity contribution is 6.07. The monoisotopic (exact) mass is 267 g/mol. The second kappa shape index (κ2) is 5.28. The highest BCUT2D eigenvalue weighted by Crippen LogP contribution is 2.19. The summed E-state index contributed by atoms with van der Waals surface area (Å²) in [4.78, 5) is 37.1. The van der Waals surface area contributed by atoms with Crippen molar-refractivity contribution in [1.29, 1.82) is 0 Å². The lowest BCUT2D eigenvalue weighted by molar-refractivity contribution is -0.142. The van der Waals surface area contributed by atoms with Crippen LogP contribution in [0.5, 0.6) is 0 Å². The summed E-state index contributed by atoms with van der Waals surface area (Å²) < 4.78 is 0. The van der Waals surface area contributed by atoms with E-state index in [4.69, 9.17) is 0 Å². The van der Waals surface area contributed by atoms with Crippen LogP contribution in [0.3, 0.4) is 0 Å². The van der Waals surface area contributed by atoms with Crippen molar-refractivity contribution in [1.82, 2.24) is 15.5 Å². The summed E-state index contributed by atoms with van der Waals surface area (Å²) in [5.41, 5.74) is 0. The summed E-state index contributed by atoms with van der Waals surface area (Å²) >= 11 is 0. The number of nitrogens with zero attached hydrogens (tertiary/aromatic N) is 1. The van der Waals surface area contributed by atoms with Crippen molar-refractivity contribution in [2.24, 2.45) is 11.8 Å². The van der Waals surface area contributed by atoms with Gasteiger partial charge in [-0.15, -0.1) is 0 Å². The molecule has 0 bridgehead atoms. The van der Waals surface area contributed by atoms with Gasteiger partial charge in [-0.25, -0.2) is 0 Å². The van der Waals surface area contributed by atoms with Gasteiger partial charge in [-0.05, 0) is 32.9 Å². The maximum atomic E-state index is 12.0. The van der Waals surface area contributed by atoms with Crippen molar-refractivity contribution in [3.63, 3.8) is 0 Å². The Hall–Kier alpha value is -1.43. The van der Waals surface area contributed by atoms with Gasteiger partial charge in [0, 0.05) is 12.0 Å². The van der Waals surface area contributed by atoms with Crippen molar-refractivity contribution in [2.75, 3.05) is 13.1 Å². The number of carbonyl (C=O) groups is 3. The van der Waals surface area contributed by atoms with Gasteiger partial charge in [-0.2, -0.15) is 0 Å². The van der Waals surface area contributed by atoms with Gasteiger partial charge in [0.1, 0.15) is 6.04 Å². The second-order valence-electron chi connectivity index (χ2n) is 5.67. The van der Waals surface area contributed by atoms with E-state index in [0.717, 1.165) is 13.1 Å². The molecule has 2 N–H and O–H groups in total. The molecular formula is C13H21N3O3. The molecule has 0 aromatic heterocycles. The van der Waals surface area contributed by atoms with Gasteiger partial charge in [0.25, 0.3) is 5.91 Å². The van der Waals surface area contributed by atoms with E-state index in [1.165, 1.54) is 4.90 Å². The number of amides is 3. The number of hydrogen-bond acceptors (Lipinski definition) is 4. The van der Waals surface area contributed by atoms with E-state index in [2.05, 4.69) is 10.6 Å². The van der Waals surface area contributed by atoms with E-state index in [9.17, 15) is 14.4 Å². The molecule has 106 valence electrons. The minimum absolute atomic E-state index is 0.0817. The first kappa shape index (κ1) is 14.0. The first-order chi connectivity index (χ1) is 8.91. The van der Waals surface area contributed by atoms with Crippen LogP contribution in [-0.2, 0) is 14.4 Å². The third-order valence-electron chi connectivity index (χ3n) is 3.95. The summed E-state index contributed by atoms with van der Waals surface area (Å²) in [6.45, 7) is 7.13. The molecule has 0 aromatic carbocycles. The molecule has 3 amide bonds. The van der Waals surface area contributed by atoms with Crippen LogP contribution < -0.4 is 10.6 Å². The van der Waals surface area contributed by atoms with Crippen LogP contribution in [0, 0.1) is 11.8 Å². The van der Waals surface area contributed by atoms with Gasteiger partial charge in [0.05, 0.1) is 6.42 Å². The standard InChI is InChI=1S/C13H21N3O3/c1-7(2)16-11(17)4-10(13(16)19)15-12(18)8(3)9-5-14-6-9/h7-10,14H,4-6H2,1-3H3,(H,15,18). The molecule has 0 radical (unpaired) electrons. The number of nitrogens with one attached hydrogen (secondary N) is 2. The van der Waals surface area contributed by atoms with Gasteiger partial charge in [0.15, 0.2) is 0 Å². The minimum atomic E-state index is -0.683. The summed E-state index contributed by atoms with van der Waals surface area (Å²) in [6.07, 6.45) is 0.0817. The highest BCUT2D eigenvalue weighted by Gasteiger charge is 2.41. The molecule has 6 nitrogen and oxygen atoms in total. The Morgan fingerprint density at radius 3 is 2.37 bits per heavy atom. The Morgan fingerprint density at radius 1 is 1.32 bits per heavy atom. The van der Waals surface area contributed by atoms with Crippen LogP contribution in [0.4, 0.5) is 0 Å². The lowest BCUT2D eigenvalue weighted by atomic mass is 9.88. The fraction of sp³-hybridized carbons (Fsp3) is 0.769. The summed E-state index contributed by atoms with van der Waals surface area (Å²) in [6, 6.07) is -0.840. The maximum absolute atomic E-state index is 12.0. The van der Waals surface area contributed by atoms with Gasteiger partial charge in [0.2, 0.25) is 11.8 Å². The van der Waals surface area contributed by atoms with Crippen LogP contribution in [-0.4, -0.2) is 47.8 Å². The highest BCUT2D eigenvalue weighted by atomic mass is 16.2. The molecule has 2 aliphatic rings. The molecule has 2 aliphatic heterocycles. The van der Waals surface area contributed by atoms with Crippen LogP contribution >= 0.6 is 0 Å². The molecule has 2 fully saturated rings. The van der Waals surface area contributed by atoms with Crippen LogP contribution in [0.1, 0.15) is 27.2 Å². The fourth-order valence-corrected chi connectivity index (χ4v) is 2.49. The van der Waals surface area contributed by atoms with Crippen LogP contribution in [0.25, 0.3) is 0 Å². The molecule has 0 aromatic rings. The van der Waals surface area contributed by atoms with Crippen molar-refractivity contribution < 1.29 is 14.4 Å². The zero-order chi connectivity index (χ0) is 14.2. The third-order valence-corrected chi connectivity index (χ3v) is 3.95. The fourth-order valence-electron chi connectivity index (χ4n) is 2.49.